The Morgan fingerprint density at radius 2 is 1.67 bits per heavy atom. The highest BCUT2D eigenvalue weighted by molar-refractivity contribution is 6.06. The van der Waals surface area contributed by atoms with Crippen molar-refractivity contribution in [2.45, 2.75) is 45.4 Å². The fraction of sp³-hybridized carbons (Fsp3) is 0.312. The van der Waals surface area contributed by atoms with Crippen molar-refractivity contribution in [3.05, 3.63) is 88.6 Å². The summed E-state index contributed by atoms with van der Waals surface area (Å²) in [6.45, 7) is 1.59. The lowest BCUT2D eigenvalue weighted by molar-refractivity contribution is -0.145. The third-order valence-electron chi connectivity index (χ3n) is 7.38. The molecule has 1 aliphatic rings. The van der Waals surface area contributed by atoms with Crippen molar-refractivity contribution in [1.82, 2.24) is 19.8 Å². The molecule has 0 spiro atoms. The Morgan fingerprint density at radius 3 is 2.38 bits per heavy atom. The van der Waals surface area contributed by atoms with Crippen LogP contribution >= 0.6 is 0 Å². The number of benzene rings is 3. The van der Waals surface area contributed by atoms with Crippen molar-refractivity contribution in [2.75, 3.05) is 26.4 Å². The summed E-state index contributed by atoms with van der Waals surface area (Å²) >= 11 is 0. The molecule has 3 aromatic carbocycles. The normalized spacial score (nSPS) is 12.6. The lowest BCUT2D eigenvalue weighted by atomic mass is 9.97. The van der Waals surface area contributed by atoms with Gasteiger partial charge in [0.25, 0.3) is 5.91 Å². The zero-order valence-corrected chi connectivity index (χ0v) is 23.7. The lowest BCUT2D eigenvalue weighted by Gasteiger charge is -2.17. The molecule has 1 aliphatic heterocycles. The average molecular weight is 574 g/mol. The predicted octanol–water partition coefficient (Wildman–Crippen LogP) is 5.48. The first-order valence-corrected chi connectivity index (χ1v) is 13.9. The Hall–Kier alpha value is -4.44. The van der Waals surface area contributed by atoms with Gasteiger partial charge in [0.05, 0.1) is 5.52 Å². The SMILES string of the molecule is CN(C)CCCCCC(=O)OCc1cc(F)c(F)cc1-c1ccc2nc(N)nc(C(=O)N3Cc4ccccc4C3)c2c1. The molecule has 0 aliphatic carbocycles. The lowest BCUT2D eigenvalue weighted by Crippen LogP contribution is -2.27. The fourth-order valence-corrected chi connectivity index (χ4v) is 5.18. The minimum absolute atomic E-state index is 0.0440. The van der Waals surface area contributed by atoms with E-state index in [1.807, 2.05) is 38.4 Å². The number of hydrogen-bond donors (Lipinski definition) is 1. The number of halogens is 2. The van der Waals surface area contributed by atoms with Gasteiger partial charge >= 0.3 is 5.97 Å². The van der Waals surface area contributed by atoms with E-state index in [9.17, 15) is 18.4 Å². The van der Waals surface area contributed by atoms with E-state index in [1.165, 1.54) is 0 Å². The van der Waals surface area contributed by atoms with Gasteiger partial charge in [-0.15, -0.1) is 0 Å². The Morgan fingerprint density at radius 1 is 0.952 bits per heavy atom. The number of rotatable bonds is 10. The maximum atomic E-state index is 14.5. The predicted molar refractivity (Wildman–Crippen MR) is 156 cm³/mol. The van der Waals surface area contributed by atoms with Crippen LogP contribution in [0.15, 0.2) is 54.6 Å². The molecule has 218 valence electrons. The molecule has 0 saturated carbocycles. The molecule has 0 saturated heterocycles. The van der Waals surface area contributed by atoms with E-state index in [2.05, 4.69) is 14.9 Å². The van der Waals surface area contributed by atoms with Crippen LogP contribution in [-0.4, -0.2) is 52.3 Å². The topological polar surface area (TPSA) is 102 Å². The van der Waals surface area contributed by atoms with Crippen molar-refractivity contribution in [3.63, 3.8) is 0 Å². The highest BCUT2D eigenvalue weighted by atomic mass is 19.2. The van der Waals surface area contributed by atoms with Crippen LogP contribution in [-0.2, 0) is 29.2 Å². The second-order valence-electron chi connectivity index (χ2n) is 10.8. The molecule has 1 aromatic heterocycles. The molecule has 2 N–H and O–H groups in total. The van der Waals surface area contributed by atoms with Crippen molar-refractivity contribution < 1.29 is 23.1 Å². The molecular weight excluding hydrogens is 540 g/mol. The Bertz CT molecular complexity index is 1620. The van der Waals surface area contributed by atoms with Crippen LogP contribution in [0, 0.1) is 11.6 Å². The Labute approximate surface area is 243 Å². The molecule has 0 fully saturated rings. The largest absolute Gasteiger partial charge is 0.461 e. The molecule has 4 aromatic rings. The first-order valence-electron chi connectivity index (χ1n) is 13.9. The number of esters is 1. The first-order chi connectivity index (χ1) is 20.2. The fourth-order valence-electron chi connectivity index (χ4n) is 5.18. The van der Waals surface area contributed by atoms with E-state index in [0.717, 1.165) is 42.6 Å². The van der Waals surface area contributed by atoms with Gasteiger partial charge in [-0.1, -0.05) is 36.8 Å². The standard InChI is InChI=1S/C32H33F2N5O3/c1-38(2)13-7-3-4-10-29(40)42-19-23-15-26(33)27(34)16-24(23)20-11-12-28-25(14-20)30(37-32(35)36-28)31(41)39-17-21-8-5-6-9-22(21)18-39/h5-6,8-9,11-12,14-16H,3-4,7,10,13,17-19H2,1-2H3,(H2,35,36,37). The van der Waals surface area contributed by atoms with Crippen LogP contribution < -0.4 is 5.73 Å². The van der Waals surface area contributed by atoms with Crippen molar-refractivity contribution in [2.24, 2.45) is 0 Å². The van der Waals surface area contributed by atoms with Crippen molar-refractivity contribution in [3.8, 4) is 11.1 Å². The number of carbonyl (C=O) groups is 2. The van der Waals surface area contributed by atoms with Crippen LogP contribution in [0.25, 0.3) is 22.0 Å². The minimum Gasteiger partial charge on any atom is -0.461 e. The van der Waals surface area contributed by atoms with Crippen LogP contribution in [0.4, 0.5) is 14.7 Å². The van der Waals surface area contributed by atoms with Crippen LogP contribution in [0.3, 0.4) is 0 Å². The molecular formula is C32H33F2N5O3. The molecule has 0 unspecified atom stereocenters. The van der Waals surface area contributed by atoms with E-state index in [1.54, 1.807) is 23.1 Å². The van der Waals surface area contributed by atoms with Gasteiger partial charge in [0, 0.05) is 30.5 Å². The van der Waals surface area contributed by atoms with E-state index in [0.29, 0.717) is 47.1 Å². The van der Waals surface area contributed by atoms with Crippen molar-refractivity contribution >= 4 is 28.7 Å². The van der Waals surface area contributed by atoms with Gasteiger partial charge in [0.15, 0.2) is 11.6 Å². The molecule has 2 heterocycles. The smallest absolute Gasteiger partial charge is 0.306 e. The quantitative estimate of drug-likeness (QED) is 0.198. The van der Waals surface area contributed by atoms with Gasteiger partial charge in [-0.25, -0.2) is 18.7 Å². The Kier molecular flexibility index (Phi) is 8.72. The maximum absolute atomic E-state index is 14.5. The summed E-state index contributed by atoms with van der Waals surface area (Å²) < 4.78 is 34.2. The molecule has 10 heteroatoms. The highest BCUT2D eigenvalue weighted by Crippen LogP contribution is 2.32. The van der Waals surface area contributed by atoms with Gasteiger partial charge in [-0.3, -0.25) is 9.59 Å². The first kappa shape index (κ1) is 29.1. The van der Waals surface area contributed by atoms with Crippen molar-refractivity contribution in [1.29, 1.82) is 0 Å². The number of unbranched alkanes of at least 4 members (excludes halogenated alkanes) is 2. The van der Waals surface area contributed by atoms with Gasteiger partial charge in [0.1, 0.15) is 12.3 Å². The van der Waals surface area contributed by atoms with Gasteiger partial charge in [-0.05, 0) is 80.0 Å². The number of amides is 1. The van der Waals surface area contributed by atoms with Gasteiger partial charge in [-0.2, -0.15) is 0 Å². The Balaban J connectivity index is 1.40. The number of nitrogen functional groups attached to an aromatic ring is 1. The second-order valence-corrected chi connectivity index (χ2v) is 10.8. The van der Waals surface area contributed by atoms with Crippen LogP contribution in [0.2, 0.25) is 0 Å². The zero-order chi connectivity index (χ0) is 29.8. The monoisotopic (exact) mass is 573 g/mol. The number of hydrogen-bond acceptors (Lipinski definition) is 7. The third-order valence-corrected chi connectivity index (χ3v) is 7.38. The summed E-state index contributed by atoms with van der Waals surface area (Å²) in [7, 11) is 3.99. The number of fused-ring (bicyclic) bond motifs is 2. The highest BCUT2D eigenvalue weighted by Gasteiger charge is 2.27. The van der Waals surface area contributed by atoms with E-state index >= 15 is 0 Å². The van der Waals surface area contributed by atoms with Crippen LogP contribution in [0.5, 0.6) is 0 Å². The average Bonchev–Trinajstić information content (AvgIpc) is 3.40. The summed E-state index contributed by atoms with van der Waals surface area (Å²) in [6.07, 6.45) is 2.79. The number of carbonyl (C=O) groups excluding carboxylic acids is 2. The maximum Gasteiger partial charge on any atom is 0.306 e. The number of nitrogens with two attached hydrogens (primary N) is 1. The van der Waals surface area contributed by atoms with E-state index < -0.39 is 17.6 Å². The van der Waals surface area contributed by atoms with Crippen LogP contribution in [0.1, 0.15) is 52.9 Å². The molecule has 5 rings (SSSR count). The van der Waals surface area contributed by atoms with E-state index in [-0.39, 0.29) is 30.6 Å². The van der Waals surface area contributed by atoms with E-state index in [4.69, 9.17) is 10.5 Å². The second kappa shape index (κ2) is 12.6. The summed E-state index contributed by atoms with van der Waals surface area (Å²) in [5.74, 6) is -2.85. The minimum atomic E-state index is -1.05. The zero-order valence-electron chi connectivity index (χ0n) is 23.7. The number of anilines is 1. The molecule has 0 bridgehead atoms. The molecule has 0 radical (unpaired) electrons. The third kappa shape index (κ3) is 6.54. The molecule has 1 amide bonds. The number of aromatic nitrogens is 2. The number of nitrogens with zero attached hydrogens (tertiary/aromatic N) is 4. The summed E-state index contributed by atoms with van der Waals surface area (Å²) in [5.41, 5.74) is 9.76. The summed E-state index contributed by atoms with van der Waals surface area (Å²) in [6, 6.07) is 14.9. The number of ether oxygens (including phenoxy) is 1. The van der Waals surface area contributed by atoms with Gasteiger partial charge < -0.3 is 20.3 Å². The molecule has 42 heavy (non-hydrogen) atoms. The summed E-state index contributed by atoms with van der Waals surface area (Å²) in [4.78, 5) is 38.3. The summed E-state index contributed by atoms with van der Waals surface area (Å²) in [5, 5.41) is 0.424. The molecule has 8 nitrogen and oxygen atoms in total. The van der Waals surface area contributed by atoms with Gasteiger partial charge in [0.2, 0.25) is 5.95 Å². The molecule has 0 atom stereocenters.